The fourth-order valence-electron chi connectivity index (χ4n) is 3.38. The lowest BCUT2D eigenvalue weighted by Gasteiger charge is -2.25. The van der Waals surface area contributed by atoms with Crippen LogP contribution in [0.1, 0.15) is 17.2 Å². The van der Waals surface area contributed by atoms with Crippen LogP contribution in [0, 0.1) is 11.6 Å². The Morgan fingerprint density at radius 1 is 1.00 bits per heavy atom. The Hall–Kier alpha value is -3.58. The number of nitrogens with zero attached hydrogens (tertiary/aromatic N) is 2. The van der Waals surface area contributed by atoms with Crippen LogP contribution in [-0.2, 0) is 9.59 Å². The molecule has 2 aromatic carbocycles. The Kier molecular flexibility index (Phi) is 5.05. The molecule has 0 spiro atoms. The lowest BCUT2D eigenvalue weighted by molar-refractivity contribution is -0.132. The van der Waals surface area contributed by atoms with Crippen molar-refractivity contribution in [2.45, 2.75) is 6.04 Å². The first-order valence-electron chi connectivity index (χ1n) is 8.80. The van der Waals surface area contributed by atoms with E-state index < -0.39 is 40.8 Å². The van der Waals surface area contributed by atoms with Gasteiger partial charge in [-0.25, -0.2) is 8.78 Å². The van der Waals surface area contributed by atoms with Crippen molar-refractivity contribution >= 4 is 34.7 Å². The van der Waals surface area contributed by atoms with Crippen LogP contribution in [-0.4, -0.2) is 21.8 Å². The third kappa shape index (κ3) is 3.33. The second-order valence-electron chi connectivity index (χ2n) is 6.55. The molecule has 0 saturated carbocycles. The van der Waals surface area contributed by atoms with Crippen molar-refractivity contribution in [2.24, 2.45) is 0 Å². The summed E-state index contributed by atoms with van der Waals surface area (Å²) in [5.41, 5.74) is -0.0224. The van der Waals surface area contributed by atoms with E-state index in [1.54, 1.807) is 0 Å². The van der Waals surface area contributed by atoms with E-state index >= 15 is 0 Å². The summed E-state index contributed by atoms with van der Waals surface area (Å²) in [5.74, 6) is -4.22. The Morgan fingerprint density at radius 2 is 1.67 bits per heavy atom. The average molecular weight is 427 g/mol. The molecule has 30 heavy (non-hydrogen) atoms. The topological polar surface area (TPSA) is 70.5 Å². The maximum absolute atomic E-state index is 14.5. The minimum atomic E-state index is -1.18. The highest BCUT2D eigenvalue weighted by Crippen LogP contribution is 2.42. The third-order valence-corrected chi connectivity index (χ3v) is 5.00. The number of anilines is 1. The van der Waals surface area contributed by atoms with E-state index in [9.17, 15) is 23.5 Å². The standard InChI is InChI=1S/C22H13ClF2N2O3/c23-14-3-1-13(2-4-14)20(28)18-19(12-7-9-26-10-8-12)27(22(30)21(18)29)17-11-15(24)5-6-16(17)25/h1-11,19,28H/b20-18+. The summed E-state index contributed by atoms with van der Waals surface area (Å²) >= 11 is 5.88. The fourth-order valence-corrected chi connectivity index (χ4v) is 3.50. The normalized spacial score (nSPS) is 18.1. The predicted molar refractivity (Wildman–Crippen MR) is 107 cm³/mol. The van der Waals surface area contributed by atoms with E-state index in [1.165, 1.54) is 48.8 Å². The van der Waals surface area contributed by atoms with Crippen LogP contribution in [0.25, 0.3) is 5.76 Å². The van der Waals surface area contributed by atoms with Gasteiger partial charge in [-0.1, -0.05) is 11.6 Å². The van der Waals surface area contributed by atoms with Gasteiger partial charge in [0.15, 0.2) is 0 Å². The third-order valence-electron chi connectivity index (χ3n) is 4.75. The number of Topliss-reactive ketones (excluding diaryl/α,β-unsaturated/α-hetero) is 1. The molecule has 2 heterocycles. The van der Waals surface area contributed by atoms with Gasteiger partial charge in [0.05, 0.1) is 17.3 Å². The predicted octanol–water partition coefficient (Wildman–Crippen LogP) is 4.64. The summed E-state index contributed by atoms with van der Waals surface area (Å²) < 4.78 is 28.4. The Bertz CT molecular complexity index is 1180. The molecule has 0 radical (unpaired) electrons. The number of ketones is 1. The van der Waals surface area contributed by atoms with E-state index in [0.29, 0.717) is 10.6 Å². The summed E-state index contributed by atoms with van der Waals surface area (Å²) in [6, 6.07) is 10.5. The van der Waals surface area contributed by atoms with Gasteiger partial charge in [0.2, 0.25) is 0 Å². The van der Waals surface area contributed by atoms with E-state index in [2.05, 4.69) is 4.98 Å². The van der Waals surface area contributed by atoms with Gasteiger partial charge in [0.1, 0.15) is 17.4 Å². The molecule has 1 aromatic heterocycles. The van der Waals surface area contributed by atoms with Crippen molar-refractivity contribution in [2.75, 3.05) is 4.90 Å². The summed E-state index contributed by atoms with van der Waals surface area (Å²) in [4.78, 5) is 30.5. The van der Waals surface area contributed by atoms with Crippen molar-refractivity contribution in [1.82, 2.24) is 4.98 Å². The Morgan fingerprint density at radius 3 is 2.33 bits per heavy atom. The summed E-state index contributed by atoms with van der Waals surface area (Å²) in [6.45, 7) is 0. The molecule has 8 heteroatoms. The molecule has 1 aliphatic heterocycles. The van der Waals surface area contributed by atoms with Crippen LogP contribution >= 0.6 is 11.6 Å². The zero-order valence-electron chi connectivity index (χ0n) is 15.2. The Balaban J connectivity index is 1.97. The number of rotatable bonds is 3. The quantitative estimate of drug-likeness (QED) is 0.376. The highest BCUT2D eigenvalue weighted by atomic mass is 35.5. The zero-order valence-corrected chi connectivity index (χ0v) is 16.0. The van der Waals surface area contributed by atoms with Gasteiger partial charge >= 0.3 is 0 Å². The van der Waals surface area contributed by atoms with Crippen molar-refractivity contribution in [1.29, 1.82) is 0 Å². The molecule has 0 aliphatic carbocycles. The second kappa shape index (κ2) is 7.68. The van der Waals surface area contributed by atoms with Gasteiger partial charge in [-0.15, -0.1) is 0 Å². The first-order chi connectivity index (χ1) is 14.4. The molecule has 1 saturated heterocycles. The molecule has 1 aliphatic rings. The largest absolute Gasteiger partial charge is 0.507 e. The zero-order chi connectivity index (χ0) is 21.4. The van der Waals surface area contributed by atoms with Gasteiger partial charge < -0.3 is 5.11 Å². The molecular weight excluding hydrogens is 414 g/mol. The summed E-state index contributed by atoms with van der Waals surface area (Å²) in [5, 5.41) is 11.3. The second-order valence-corrected chi connectivity index (χ2v) is 6.99. The number of hydrogen-bond donors (Lipinski definition) is 1. The molecule has 150 valence electrons. The highest BCUT2D eigenvalue weighted by molar-refractivity contribution is 6.51. The number of aliphatic hydroxyl groups excluding tert-OH is 1. The van der Waals surface area contributed by atoms with Gasteiger partial charge in [0.25, 0.3) is 11.7 Å². The molecule has 5 nitrogen and oxygen atoms in total. The van der Waals surface area contributed by atoms with Crippen LogP contribution in [0.4, 0.5) is 14.5 Å². The number of carbonyl (C=O) groups excluding carboxylic acids is 2. The van der Waals surface area contributed by atoms with Gasteiger partial charge in [-0.3, -0.25) is 19.5 Å². The van der Waals surface area contributed by atoms with E-state index in [1.807, 2.05) is 0 Å². The van der Waals surface area contributed by atoms with Gasteiger partial charge in [0, 0.05) is 29.0 Å². The Labute approximate surface area is 174 Å². The maximum Gasteiger partial charge on any atom is 0.300 e. The van der Waals surface area contributed by atoms with Crippen LogP contribution in [0.5, 0.6) is 0 Å². The van der Waals surface area contributed by atoms with Crippen molar-refractivity contribution in [3.8, 4) is 0 Å². The van der Waals surface area contributed by atoms with Crippen LogP contribution in [0.2, 0.25) is 5.02 Å². The first-order valence-corrected chi connectivity index (χ1v) is 9.18. The number of aliphatic hydroxyl groups is 1. The van der Waals surface area contributed by atoms with Crippen molar-refractivity contribution < 1.29 is 23.5 Å². The molecule has 0 bridgehead atoms. The number of amides is 1. The average Bonchev–Trinajstić information content (AvgIpc) is 3.01. The van der Waals surface area contributed by atoms with Crippen molar-refractivity contribution in [3.05, 3.63) is 100 Å². The number of pyridine rings is 1. The fraction of sp³-hybridized carbons (Fsp3) is 0.0455. The van der Waals surface area contributed by atoms with Crippen molar-refractivity contribution in [3.63, 3.8) is 0 Å². The minimum Gasteiger partial charge on any atom is -0.507 e. The molecule has 1 fully saturated rings. The van der Waals surface area contributed by atoms with E-state index in [-0.39, 0.29) is 11.1 Å². The SMILES string of the molecule is O=C1C(=O)N(c2cc(F)ccc2F)C(c2ccncc2)/C1=C(\O)c1ccc(Cl)cc1. The van der Waals surface area contributed by atoms with Crippen LogP contribution in [0.3, 0.4) is 0 Å². The number of aromatic nitrogens is 1. The molecular formula is C22H13ClF2N2O3. The molecule has 4 rings (SSSR count). The summed E-state index contributed by atoms with van der Waals surface area (Å²) in [6.07, 6.45) is 2.86. The first kappa shape index (κ1) is 19.7. The van der Waals surface area contributed by atoms with E-state index in [0.717, 1.165) is 23.1 Å². The number of hydrogen-bond acceptors (Lipinski definition) is 4. The van der Waals surface area contributed by atoms with Gasteiger partial charge in [-0.2, -0.15) is 0 Å². The number of benzene rings is 2. The maximum atomic E-state index is 14.5. The molecule has 1 N–H and O–H groups in total. The molecule has 1 atom stereocenters. The minimum absolute atomic E-state index is 0.246. The molecule has 3 aromatic rings. The molecule has 1 amide bonds. The number of halogens is 3. The lowest BCUT2D eigenvalue weighted by Crippen LogP contribution is -2.30. The number of carbonyl (C=O) groups is 2. The molecule has 1 unspecified atom stereocenters. The van der Waals surface area contributed by atoms with Gasteiger partial charge in [-0.05, 0) is 54.1 Å². The highest BCUT2D eigenvalue weighted by Gasteiger charge is 2.47. The van der Waals surface area contributed by atoms with Crippen LogP contribution in [0.15, 0.2) is 72.6 Å². The van der Waals surface area contributed by atoms with E-state index in [4.69, 9.17) is 11.6 Å². The van der Waals surface area contributed by atoms with Crippen LogP contribution < -0.4 is 4.90 Å². The monoisotopic (exact) mass is 426 g/mol. The lowest BCUT2D eigenvalue weighted by atomic mass is 9.96. The smallest absolute Gasteiger partial charge is 0.300 e. The summed E-state index contributed by atoms with van der Waals surface area (Å²) in [7, 11) is 0.